The molecule has 6 rings (SSSR count). The lowest BCUT2D eigenvalue weighted by Gasteiger charge is -2.16. The van der Waals surface area contributed by atoms with Gasteiger partial charge in [-0.15, -0.1) is 0 Å². The van der Waals surface area contributed by atoms with Crippen molar-refractivity contribution in [2.45, 2.75) is 45.5 Å². The van der Waals surface area contributed by atoms with E-state index in [-0.39, 0.29) is 11.4 Å². The Kier molecular flexibility index (Phi) is 5.05. The highest BCUT2D eigenvalue weighted by atomic mass is 19.1. The molecule has 0 saturated heterocycles. The van der Waals surface area contributed by atoms with Crippen LogP contribution >= 0.6 is 0 Å². The monoisotopic (exact) mass is 499 g/mol. The summed E-state index contributed by atoms with van der Waals surface area (Å²) in [6.45, 7) is 7.50. The molecule has 1 aromatic heterocycles. The third-order valence-electron chi connectivity index (χ3n) is 6.31. The minimum absolute atomic E-state index is 0.0731. The standard InChI is InChI=1S/C29H26FN3O4/c1-28(2)15-19-12-20(10-11-23(19)35-28)31-27(34)33-16-21(25(32-33)17-8-6-5-7-9-17)18-13-22(30)26-24(14-18)36-29(3,4)37-26/h5-14,16H,15H2,1-4H3,(H,31,34). The molecule has 8 heteroatoms. The van der Waals surface area contributed by atoms with Crippen LogP contribution in [0, 0.1) is 5.82 Å². The molecule has 2 aliphatic heterocycles. The number of nitrogens with zero attached hydrogens (tertiary/aromatic N) is 2. The van der Waals surface area contributed by atoms with Crippen molar-refractivity contribution in [3.63, 3.8) is 0 Å². The largest absolute Gasteiger partial charge is 0.487 e. The van der Waals surface area contributed by atoms with Crippen molar-refractivity contribution in [3.05, 3.63) is 78.2 Å². The van der Waals surface area contributed by atoms with Crippen LogP contribution in [0.3, 0.4) is 0 Å². The Balaban J connectivity index is 1.37. The first kappa shape index (κ1) is 23.1. The fraction of sp³-hybridized carbons (Fsp3) is 0.241. The normalized spacial score (nSPS) is 16.2. The zero-order valence-corrected chi connectivity index (χ0v) is 21.0. The molecule has 2 aliphatic rings. The zero-order chi connectivity index (χ0) is 25.9. The van der Waals surface area contributed by atoms with E-state index >= 15 is 4.39 Å². The number of hydrogen-bond acceptors (Lipinski definition) is 5. The summed E-state index contributed by atoms with van der Waals surface area (Å²) in [7, 11) is 0. The third kappa shape index (κ3) is 4.28. The van der Waals surface area contributed by atoms with Crippen molar-refractivity contribution in [3.8, 4) is 39.6 Å². The van der Waals surface area contributed by atoms with Crippen LogP contribution in [0.4, 0.5) is 14.9 Å². The minimum Gasteiger partial charge on any atom is -0.487 e. The maximum absolute atomic E-state index is 15.0. The van der Waals surface area contributed by atoms with Gasteiger partial charge in [0.05, 0.1) is 0 Å². The van der Waals surface area contributed by atoms with E-state index in [1.54, 1.807) is 32.2 Å². The number of nitrogens with one attached hydrogen (secondary N) is 1. The van der Waals surface area contributed by atoms with Crippen molar-refractivity contribution >= 4 is 11.7 Å². The van der Waals surface area contributed by atoms with Crippen LogP contribution in [0.15, 0.2) is 66.9 Å². The molecule has 0 aliphatic carbocycles. The third-order valence-corrected chi connectivity index (χ3v) is 6.31. The molecule has 0 saturated carbocycles. The van der Waals surface area contributed by atoms with E-state index in [0.717, 1.165) is 23.3 Å². The van der Waals surface area contributed by atoms with Crippen LogP contribution in [-0.4, -0.2) is 27.2 Å². The number of rotatable bonds is 3. The number of carbonyl (C=O) groups excluding carboxylic acids is 1. The first-order chi connectivity index (χ1) is 17.6. The Morgan fingerprint density at radius 3 is 2.51 bits per heavy atom. The summed E-state index contributed by atoms with van der Waals surface area (Å²) in [4.78, 5) is 13.2. The second kappa shape index (κ2) is 8.09. The summed E-state index contributed by atoms with van der Waals surface area (Å²) in [5.41, 5.74) is 3.83. The molecule has 4 aromatic rings. The molecule has 3 heterocycles. The Morgan fingerprint density at radius 1 is 0.946 bits per heavy atom. The van der Waals surface area contributed by atoms with Crippen molar-refractivity contribution in [2.24, 2.45) is 0 Å². The molecule has 0 bridgehead atoms. The molecule has 3 aromatic carbocycles. The molecule has 188 valence electrons. The first-order valence-corrected chi connectivity index (χ1v) is 12.1. The number of carbonyl (C=O) groups is 1. The highest BCUT2D eigenvalue weighted by molar-refractivity contribution is 5.93. The van der Waals surface area contributed by atoms with Crippen LogP contribution in [0.5, 0.6) is 17.2 Å². The van der Waals surface area contributed by atoms with Crippen molar-refractivity contribution in [1.29, 1.82) is 0 Å². The average Bonchev–Trinajstić information content (AvgIpc) is 3.50. The van der Waals surface area contributed by atoms with Crippen LogP contribution in [0.25, 0.3) is 22.4 Å². The predicted molar refractivity (Wildman–Crippen MR) is 138 cm³/mol. The van der Waals surface area contributed by atoms with Gasteiger partial charge < -0.3 is 19.5 Å². The summed E-state index contributed by atoms with van der Waals surface area (Å²) in [5, 5.41) is 7.50. The minimum atomic E-state index is -0.968. The number of halogens is 1. The smallest absolute Gasteiger partial charge is 0.346 e. The van der Waals surface area contributed by atoms with Gasteiger partial charge in [0.25, 0.3) is 0 Å². The van der Waals surface area contributed by atoms with Gasteiger partial charge in [0, 0.05) is 48.8 Å². The lowest BCUT2D eigenvalue weighted by Crippen LogP contribution is -2.29. The molecular weight excluding hydrogens is 473 g/mol. The molecule has 0 unspecified atom stereocenters. The van der Waals surface area contributed by atoms with Crippen molar-refractivity contribution in [2.75, 3.05) is 5.32 Å². The number of amides is 1. The highest BCUT2D eigenvalue weighted by Gasteiger charge is 2.35. The molecular formula is C29H26FN3O4. The number of fused-ring (bicyclic) bond motifs is 2. The van der Waals surface area contributed by atoms with Gasteiger partial charge in [-0.3, -0.25) is 0 Å². The summed E-state index contributed by atoms with van der Waals surface area (Å²) in [6, 6.07) is 17.7. The number of anilines is 1. The van der Waals surface area contributed by atoms with Crippen LogP contribution in [0.1, 0.15) is 33.3 Å². The SMILES string of the molecule is CC1(C)Cc2cc(NC(=O)n3cc(-c4cc(F)c5c(c4)OC(C)(C)O5)c(-c4ccccc4)n3)ccc2O1. The van der Waals surface area contributed by atoms with E-state index in [0.29, 0.717) is 28.3 Å². The molecule has 0 spiro atoms. The van der Waals surface area contributed by atoms with Crippen LogP contribution in [0.2, 0.25) is 0 Å². The second-order valence-corrected chi connectivity index (χ2v) is 10.4. The highest BCUT2D eigenvalue weighted by Crippen LogP contribution is 2.45. The van der Waals surface area contributed by atoms with E-state index in [2.05, 4.69) is 10.4 Å². The van der Waals surface area contributed by atoms with E-state index in [1.165, 1.54) is 10.7 Å². The number of hydrogen-bond donors (Lipinski definition) is 1. The van der Waals surface area contributed by atoms with E-state index in [4.69, 9.17) is 14.2 Å². The summed E-state index contributed by atoms with van der Waals surface area (Å²) in [6.07, 6.45) is 2.35. The van der Waals surface area contributed by atoms with Gasteiger partial charge in [-0.2, -0.15) is 9.78 Å². The topological polar surface area (TPSA) is 74.6 Å². The van der Waals surface area contributed by atoms with Gasteiger partial charge in [0.1, 0.15) is 17.0 Å². The maximum atomic E-state index is 15.0. The number of benzene rings is 3. The summed E-state index contributed by atoms with van der Waals surface area (Å²) < 4.78 is 33.6. The van der Waals surface area contributed by atoms with Gasteiger partial charge >= 0.3 is 6.03 Å². The van der Waals surface area contributed by atoms with Crippen molar-refractivity contribution < 1.29 is 23.4 Å². The molecule has 0 fully saturated rings. The van der Waals surface area contributed by atoms with Crippen LogP contribution < -0.4 is 19.5 Å². The second-order valence-electron chi connectivity index (χ2n) is 10.4. The summed E-state index contributed by atoms with van der Waals surface area (Å²) >= 11 is 0. The van der Waals surface area contributed by atoms with Gasteiger partial charge in [0.2, 0.25) is 11.5 Å². The van der Waals surface area contributed by atoms with E-state index in [1.807, 2.05) is 56.3 Å². The molecule has 0 atom stereocenters. The fourth-order valence-corrected chi connectivity index (χ4v) is 4.80. The Labute approximate surface area is 213 Å². The maximum Gasteiger partial charge on any atom is 0.346 e. The number of aromatic nitrogens is 2. The Morgan fingerprint density at radius 2 is 1.73 bits per heavy atom. The molecule has 37 heavy (non-hydrogen) atoms. The van der Waals surface area contributed by atoms with E-state index in [9.17, 15) is 4.79 Å². The fourth-order valence-electron chi connectivity index (χ4n) is 4.80. The quantitative estimate of drug-likeness (QED) is 0.341. The van der Waals surface area contributed by atoms with Gasteiger partial charge in [0.15, 0.2) is 11.6 Å². The molecule has 1 N–H and O–H groups in total. The first-order valence-electron chi connectivity index (χ1n) is 12.1. The number of ether oxygens (including phenoxy) is 3. The Hall–Kier alpha value is -4.33. The molecule has 1 amide bonds. The van der Waals surface area contributed by atoms with Gasteiger partial charge in [-0.1, -0.05) is 30.3 Å². The van der Waals surface area contributed by atoms with Gasteiger partial charge in [-0.05, 0) is 49.7 Å². The zero-order valence-electron chi connectivity index (χ0n) is 21.0. The lowest BCUT2D eigenvalue weighted by atomic mass is 10.0. The van der Waals surface area contributed by atoms with E-state index < -0.39 is 17.6 Å². The predicted octanol–water partition coefficient (Wildman–Crippen LogP) is 6.66. The van der Waals surface area contributed by atoms with Crippen LogP contribution in [-0.2, 0) is 6.42 Å². The molecule has 7 nitrogen and oxygen atoms in total. The molecule has 0 radical (unpaired) electrons. The van der Waals surface area contributed by atoms with Crippen molar-refractivity contribution in [1.82, 2.24) is 9.78 Å². The van der Waals surface area contributed by atoms with Gasteiger partial charge in [-0.25, -0.2) is 9.18 Å². The Bertz CT molecular complexity index is 1540. The summed E-state index contributed by atoms with van der Waals surface area (Å²) in [5.74, 6) is -0.311. The lowest BCUT2D eigenvalue weighted by molar-refractivity contribution is -0.0444. The average molecular weight is 500 g/mol.